The average Bonchev–Trinajstić information content (AvgIpc) is 2.77. The highest BCUT2D eigenvalue weighted by atomic mass is 16.1. The number of amides is 1. The van der Waals surface area contributed by atoms with Gasteiger partial charge in [-0.15, -0.1) is 0 Å². The molecule has 1 saturated carbocycles. The van der Waals surface area contributed by atoms with E-state index in [2.05, 4.69) is 37.4 Å². The van der Waals surface area contributed by atoms with E-state index in [0.29, 0.717) is 18.4 Å². The van der Waals surface area contributed by atoms with Crippen molar-refractivity contribution in [3.8, 4) is 0 Å². The lowest BCUT2D eigenvalue weighted by molar-refractivity contribution is -0.120. The van der Waals surface area contributed by atoms with Crippen molar-refractivity contribution in [2.75, 3.05) is 6.54 Å². The van der Waals surface area contributed by atoms with Gasteiger partial charge in [-0.05, 0) is 50.2 Å². The summed E-state index contributed by atoms with van der Waals surface area (Å²) in [5.41, 5.74) is 9.39. The van der Waals surface area contributed by atoms with E-state index in [-0.39, 0.29) is 5.91 Å². The van der Waals surface area contributed by atoms with Crippen molar-refractivity contribution in [3.05, 3.63) is 34.9 Å². The zero-order chi connectivity index (χ0) is 13.8. The van der Waals surface area contributed by atoms with Crippen molar-refractivity contribution in [2.24, 2.45) is 11.7 Å². The first-order chi connectivity index (χ1) is 9.04. The van der Waals surface area contributed by atoms with Crippen LogP contribution in [-0.2, 0) is 11.2 Å². The van der Waals surface area contributed by atoms with Gasteiger partial charge in [0.2, 0.25) is 5.91 Å². The van der Waals surface area contributed by atoms with Gasteiger partial charge in [-0.1, -0.05) is 23.8 Å². The first-order valence-corrected chi connectivity index (χ1v) is 7.13. The molecule has 0 spiro atoms. The summed E-state index contributed by atoms with van der Waals surface area (Å²) in [6, 6.07) is 6.59. The van der Waals surface area contributed by atoms with E-state index in [1.807, 2.05) is 0 Å². The number of carbonyl (C=O) groups excluding carboxylic acids is 1. The molecule has 0 aromatic heterocycles. The molecule has 1 amide bonds. The molecule has 19 heavy (non-hydrogen) atoms. The van der Waals surface area contributed by atoms with Crippen LogP contribution in [0.1, 0.15) is 36.0 Å². The smallest absolute Gasteiger partial charge is 0.224 e. The summed E-state index contributed by atoms with van der Waals surface area (Å²) in [6.07, 6.45) is 3.76. The fourth-order valence-corrected chi connectivity index (χ4v) is 2.78. The third kappa shape index (κ3) is 4.06. The first kappa shape index (κ1) is 14.1. The maximum atomic E-state index is 12.0. The van der Waals surface area contributed by atoms with Crippen molar-refractivity contribution >= 4 is 5.91 Å². The van der Waals surface area contributed by atoms with E-state index in [0.717, 1.165) is 31.4 Å². The molecule has 0 radical (unpaired) electrons. The zero-order valence-corrected chi connectivity index (χ0v) is 11.9. The van der Waals surface area contributed by atoms with Gasteiger partial charge in [0.25, 0.3) is 0 Å². The summed E-state index contributed by atoms with van der Waals surface area (Å²) in [5, 5.41) is 3.05. The Bertz CT molecular complexity index is 456. The van der Waals surface area contributed by atoms with Gasteiger partial charge in [-0.2, -0.15) is 0 Å². The van der Waals surface area contributed by atoms with E-state index in [9.17, 15) is 4.79 Å². The van der Waals surface area contributed by atoms with Gasteiger partial charge in [0.15, 0.2) is 0 Å². The fourth-order valence-electron chi connectivity index (χ4n) is 2.78. The standard InChI is InChI=1S/C16H24N2O/c1-11-3-4-12(2)14(7-11)9-16(19)18-10-13-5-6-15(17)8-13/h3-4,7,13,15H,5-6,8-10,17H2,1-2H3,(H,18,19). The van der Waals surface area contributed by atoms with E-state index in [1.54, 1.807) is 0 Å². The molecular formula is C16H24N2O. The lowest BCUT2D eigenvalue weighted by atomic mass is 10.0. The molecule has 1 fully saturated rings. The SMILES string of the molecule is Cc1ccc(C)c(CC(=O)NCC2CCC(N)C2)c1. The second-order valence-electron chi connectivity index (χ2n) is 5.85. The Kier molecular flexibility index (Phi) is 4.59. The normalized spacial score (nSPS) is 22.5. The molecule has 0 bridgehead atoms. The third-order valence-electron chi connectivity index (χ3n) is 4.03. The maximum absolute atomic E-state index is 12.0. The van der Waals surface area contributed by atoms with Gasteiger partial charge in [0, 0.05) is 12.6 Å². The van der Waals surface area contributed by atoms with Gasteiger partial charge in [-0.25, -0.2) is 0 Å². The van der Waals surface area contributed by atoms with Crippen LogP contribution in [-0.4, -0.2) is 18.5 Å². The molecule has 3 N–H and O–H groups in total. The quantitative estimate of drug-likeness (QED) is 0.871. The highest BCUT2D eigenvalue weighted by Gasteiger charge is 2.21. The Morgan fingerprint density at radius 3 is 2.84 bits per heavy atom. The molecule has 0 saturated heterocycles. The summed E-state index contributed by atoms with van der Waals surface area (Å²) in [4.78, 5) is 12.0. The second kappa shape index (κ2) is 6.20. The van der Waals surface area contributed by atoms with Crippen LogP contribution in [0.5, 0.6) is 0 Å². The van der Waals surface area contributed by atoms with E-state index in [4.69, 9.17) is 5.73 Å². The van der Waals surface area contributed by atoms with Gasteiger partial charge in [-0.3, -0.25) is 4.79 Å². The lowest BCUT2D eigenvalue weighted by Crippen LogP contribution is -2.30. The van der Waals surface area contributed by atoms with Crippen LogP contribution in [0.2, 0.25) is 0 Å². The number of nitrogens with two attached hydrogens (primary N) is 1. The molecule has 104 valence electrons. The van der Waals surface area contributed by atoms with Crippen molar-refractivity contribution in [2.45, 2.75) is 45.6 Å². The summed E-state index contributed by atoms with van der Waals surface area (Å²) < 4.78 is 0. The molecular weight excluding hydrogens is 236 g/mol. The van der Waals surface area contributed by atoms with Crippen molar-refractivity contribution in [3.63, 3.8) is 0 Å². The first-order valence-electron chi connectivity index (χ1n) is 7.13. The molecule has 3 nitrogen and oxygen atoms in total. The Balaban J connectivity index is 1.82. The number of aryl methyl sites for hydroxylation is 2. The lowest BCUT2D eigenvalue weighted by Gasteiger charge is -2.12. The minimum absolute atomic E-state index is 0.120. The highest BCUT2D eigenvalue weighted by Crippen LogP contribution is 2.23. The number of benzene rings is 1. The van der Waals surface area contributed by atoms with E-state index in [1.165, 1.54) is 11.1 Å². The predicted octanol–water partition coefficient (Wildman–Crippen LogP) is 2.09. The number of hydrogen-bond donors (Lipinski definition) is 2. The number of hydrogen-bond acceptors (Lipinski definition) is 2. The Morgan fingerprint density at radius 2 is 2.16 bits per heavy atom. The number of carbonyl (C=O) groups is 1. The minimum Gasteiger partial charge on any atom is -0.356 e. The molecule has 1 aliphatic carbocycles. The van der Waals surface area contributed by atoms with Crippen molar-refractivity contribution in [1.29, 1.82) is 0 Å². The van der Waals surface area contributed by atoms with Crippen LogP contribution in [0.25, 0.3) is 0 Å². The zero-order valence-electron chi connectivity index (χ0n) is 11.9. The fraction of sp³-hybridized carbons (Fsp3) is 0.562. The van der Waals surface area contributed by atoms with Crippen molar-refractivity contribution in [1.82, 2.24) is 5.32 Å². The van der Waals surface area contributed by atoms with Crippen LogP contribution in [0, 0.1) is 19.8 Å². The Hall–Kier alpha value is -1.35. The Labute approximate surface area is 115 Å². The number of nitrogens with one attached hydrogen (secondary N) is 1. The molecule has 3 heteroatoms. The summed E-state index contributed by atoms with van der Waals surface area (Å²) in [7, 11) is 0. The molecule has 0 heterocycles. The molecule has 2 rings (SSSR count). The molecule has 0 aliphatic heterocycles. The van der Waals surface area contributed by atoms with Gasteiger partial charge in [0.1, 0.15) is 0 Å². The monoisotopic (exact) mass is 260 g/mol. The molecule has 2 atom stereocenters. The van der Waals surface area contributed by atoms with Gasteiger partial charge >= 0.3 is 0 Å². The third-order valence-corrected chi connectivity index (χ3v) is 4.03. The van der Waals surface area contributed by atoms with Crippen LogP contribution in [0.3, 0.4) is 0 Å². The van der Waals surface area contributed by atoms with E-state index < -0.39 is 0 Å². The Morgan fingerprint density at radius 1 is 1.37 bits per heavy atom. The minimum atomic E-state index is 0.120. The van der Waals surface area contributed by atoms with Crippen LogP contribution < -0.4 is 11.1 Å². The van der Waals surface area contributed by atoms with Gasteiger partial charge in [0.05, 0.1) is 6.42 Å². The topological polar surface area (TPSA) is 55.1 Å². The number of rotatable bonds is 4. The molecule has 2 unspecified atom stereocenters. The van der Waals surface area contributed by atoms with Gasteiger partial charge < -0.3 is 11.1 Å². The molecule has 1 aromatic rings. The van der Waals surface area contributed by atoms with E-state index >= 15 is 0 Å². The summed E-state index contributed by atoms with van der Waals surface area (Å²) >= 11 is 0. The highest BCUT2D eigenvalue weighted by molar-refractivity contribution is 5.79. The second-order valence-corrected chi connectivity index (χ2v) is 5.85. The molecule has 1 aliphatic rings. The van der Waals surface area contributed by atoms with Crippen LogP contribution in [0.4, 0.5) is 0 Å². The van der Waals surface area contributed by atoms with Crippen LogP contribution >= 0.6 is 0 Å². The predicted molar refractivity (Wildman–Crippen MR) is 77.9 cm³/mol. The van der Waals surface area contributed by atoms with Crippen molar-refractivity contribution < 1.29 is 4.79 Å². The largest absolute Gasteiger partial charge is 0.356 e. The summed E-state index contributed by atoms with van der Waals surface area (Å²) in [5.74, 6) is 0.687. The van der Waals surface area contributed by atoms with Crippen LogP contribution in [0.15, 0.2) is 18.2 Å². The maximum Gasteiger partial charge on any atom is 0.224 e. The summed E-state index contributed by atoms with van der Waals surface area (Å²) in [6.45, 7) is 4.89. The molecule has 1 aromatic carbocycles. The average molecular weight is 260 g/mol.